The van der Waals surface area contributed by atoms with Crippen molar-refractivity contribution < 1.29 is 123 Å². The maximum absolute atomic E-state index is 11.9. The van der Waals surface area contributed by atoms with Gasteiger partial charge in [-0.15, -0.1) is 0 Å². The van der Waals surface area contributed by atoms with E-state index in [9.17, 15) is 68.7 Å². The molecule has 110 heavy (non-hydrogen) atoms. The summed E-state index contributed by atoms with van der Waals surface area (Å²) < 4.78 is 128. The Morgan fingerprint density at radius 2 is 0.709 bits per heavy atom. The number of anilines is 6. The van der Waals surface area contributed by atoms with Crippen molar-refractivity contribution in [2.45, 2.75) is 64.3 Å². The summed E-state index contributed by atoms with van der Waals surface area (Å²) in [6.45, 7) is 0.0774. The first-order valence-corrected chi connectivity index (χ1v) is 31.4. The fraction of sp³-hybridized carbons (Fsp3) is 0.229. The number of nitrogens with zero attached hydrogens (tertiary/aromatic N) is 5. The Kier molecular flexibility index (Phi) is 40.0. The second-order valence-corrected chi connectivity index (χ2v) is 21.5. The van der Waals surface area contributed by atoms with Gasteiger partial charge in [-0.25, -0.2) is 42.5 Å². The third-order valence-corrected chi connectivity index (χ3v) is 12.9. The number of carbonyl (C=O) groups excluding carboxylic acids is 3. The van der Waals surface area contributed by atoms with Crippen LogP contribution >= 0.6 is 11.6 Å². The first-order chi connectivity index (χ1) is 51.7. The van der Waals surface area contributed by atoms with Crippen molar-refractivity contribution >= 4 is 82.3 Å². The third-order valence-electron chi connectivity index (χ3n) is 12.7. The minimum atomic E-state index is -4.31. The summed E-state index contributed by atoms with van der Waals surface area (Å²) in [6.07, 6.45) is -11.3. The van der Waals surface area contributed by atoms with Crippen molar-refractivity contribution in [3.05, 3.63) is 229 Å². The molecule has 0 atom stereocenters. The van der Waals surface area contributed by atoms with Crippen LogP contribution in [0.25, 0.3) is 0 Å². The van der Waals surface area contributed by atoms with Gasteiger partial charge in [0.25, 0.3) is 0 Å². The van der Waals surface area contributed by atoms with Gasteiger partial charge in [0.05, 0.1) is 59.6 Å². The highest BCUT2D eigenvalue weighted by Gasteiger charge is 2.28. The van der Waals surface area contributed by atoms with E-state index in [2.05, 4.69) is 44.1 Å². The largest absolute Gasteiger partial charge is 0.478 e. The molecule has 18 N–H and O–H groups in total. The van der Waals surface area contributed by atoms with E-state index in [0.717, 1.165) is 35.7 Å². The Morgan fingerprint density at radius 1 is 0.409 bits per heavy atom. The Balaban J connectivity index is 0.000000435. The number of hydrogen-bond donors (Lipinski definition) is 12. The Bertz CT molecular complexity index is 4440. The smallest absolute Gasteiger partial charge is 0.392 e. The van der Waals surface area contributed by atoms with Crippen molar-refractivity contribution in [3.63, 3.8) is 0 Å². The second kappa shape index (κ2) is 47.4. The van der Waals surface area contributed by atoms with Gasteiger partial charge < -0.3 is 98.1 Å². The number of nitrogens with one attached hydrogen (secondary N) is 1. The number of carboxylic acid groups (broad SMARTS) is 3. The number of hydrogen-bond acceptors (Lipinski definition) is 27. The number of aromatic carboxylic acids is 3. The number of aliphatic hydroxyl groups is 2. The number of nitrogens with two attached hydrogens (primary N) is 6. The number of benzene rings is 3. The zero-order valence-corrected chi connectivity index (χ0v) is 59.3. The molecule has 0 radical (unpaired) electrons. The summed E-state index contributed by atoms with van der Waals surface area (Å²) in [4.78, 5) is 96.7. The maximum atomic E-state index is 11.9. The van der Waals surface area contributed by atoms with E-state index in [1.807, 2.05) is 91.0 Å². The number of pyridine rings is 6. The van der Waals surface area contributed by atoms with Crippen LogP contribution in [0.1, 0.15) is 105 Å². The third kappa shape index (κ3) is 37.7. The van der Waals surface area contributed by atoms with Gasteiger partial charge in [-0.05, 0) is 66.1 Å². The minimum absolute atomic E-state index is 0.0225. The van der Waals surface area contributed by atoms with Crippen molar-refractivity contribution in [1.82, 2.24) is 29.9 Å². The number of methoxy groups -OCH3 is 3. The fourth-order valence-electron chi connectivity index (χ4n) is 7.27. The van der Waals surface area contributed by atoms with Crippen LogP contribution in [0.3, 0.4) is 0 Å². The van der Waals surface area contributed by atoms with Gasteiger partial charge in [0.2, 0.25) is 35.0 Å². The van der Waals surface area contributed by atoms with Crippen LogP contribution in [0, 0.1) is 0 Å². The lowest BCUT2D eigenvalue weighted by molar-refractivity contribution is -0.140. The molecule has 40 heteroatoms. The molecule has 3 aromatic carbocycles. The van der Waals surface area contributed by atoms with E-state index >= 15 is 0 Å². The van der Waals surface area contributed by atoms with E-state index in [4.69, 9.17) is 90.5 Å². The summed E-state index contributed by atoms with van der Waals surface area (Å²) in [6, 6.07) is 44.8. The topological polar surface area (TPSA) is 522 Å². The molecule has 9 aromatic rings. The van der Waals surface area contributed by atoms with Crippen molar-refractivity contribution in [2.24, 2.45) is 0 Å². The molecular formula is C70H75ClF8N12O19. The van der Waals surface area contributed by atoms with Gasteiger partial charge in [-0.2, -0.15) is 46.3 Å². The second-order valence-electron chi connectivity index (χ2n) is 21.1. The molecule has 0 saturated heterocycles. The number of aliphatic hydroxyl groups excluding tert-OH is 2. The van der Waals surface area contributed by atoms with Crippen LogP contribution in [0.4, 0.5) is 70.0 Å². The molecule has 31 nitrogen and oxygen atoms in total. The number of halogens is 9. The van der Waals surface area contributed by atoms with Gasteiger partial charge in [0.15, 0.2) is 0 Å². The fourth-order valence-corrected chi connectivity index (χ4v) is 7.42. The number of aromatic nitrogens is 6. The minimum Gasteiger partial charge on any atom is -0.478 e. The van der Waals surface area contributed by atoms with Crippen LogP contribution in [0.5, 0.6) is 23.5 Å². The summed E-state index contributed by atoms with van der Waals surface area (Å²) in [5, 5.41) is 42.6. The number of ether oxygens (including phenoxy) is 7. The van der Waals surface area contributed by atoms with E-state index in [0.29, 0.717) is 25.0 Å². The molecule has 0 aliphatic carbocycles. The average Bonchev–Trinajstić information content (AvgIpc) is 0.897. The van der Waals surface area contributed by atoms with E-state index < -0.39 is 93.2 Å². The average molecular weight is 1580 g/mol. The zero-order chi connectivity index (χ0) is 82.7. The van der Waals surface area contributed by atoms with Crippen LogP contribution in [0.15, 0.2) is 169 Å². The Labute approximate surface area is 625 Å². The van der Waals surface area contributed by atoms with Crippen LogP contribution in [0.2, 0.25) is 5.15 Å². The van der Waals surface area contributed by atoms with Crippen molar-refractivity contribution in [2.75, 3.05) is 75.6 Å². The number of carbonyl (C=O) groups is 6. The van der Waals surface area contributed by atoms with Crippen LogP contribution in [-0.2, 0) is 34.0 Å². The van der Waals surface area contributed by atoms with E-state index in [1.165, 1.54) is 75.9 Å². The summed E-state index contributed by atoms with van der Waals surface area (Å²) in [5.74, 6) is -7.94. The first-order valence-electron chi connectivity index (χ1n) is 31.0. The molecule has 6 heterocycles. The molecule has 0 bridgehead atoms. The van der Waals surface area contributed by atoms with Crippen molar-refractivity contribution in [1.29, 1.82) is 0 Å². The number of aromatic amines is 1. The predicted molar refractivity (Wildman–Crippen MR) is 383 cm³/mol. The number of alkyl halides is 8. The van der Waals surface area contributed by atoms with Gasteiger partial charge >= 0.3 is 48.2 Å². The molecule has 9 rings (SSSR count). The molecule has 0 saturated carbocycles. The summed E-state index contributed by atoms with van der Waals surface area (Å²) >= 11 is 5.44. The highest BCUT2D eigenvalue weighted by atomic mass is 35.5. The quantitative estimate of drug-likeness (QED) is 0.0138. The highest BCUT2D eigenvalue weighted by Crippen LogP contribution is 2.24. The summed E-state index contributed by atoms with van der Waals surface area (Å²) in [5.41, 5.74) is 35.3. The number of H-pyrrole nitrogens is 1. The lowest BCUT2D eigenvalue weighted by Gasteiger charge is -2.09. The van der Waals surface area contributed by atoms with Crippen LogP contribution in [-0.4, -0.2) is 151 Å². The molecule has 592 valence electrons. The lowest BCUT2D eigenvalue weighted by Crippen LogP contribution is -2.14. The normalized spacial score (nSPS) is 10.3. The predicted octanol–water partition coefficient (Wildman–Crippen LogP) is 10.4. The van der Waals surface area contributed by atoms with Crippen LogP contribution < -0.4 is 58.9 Å². The SMILES string of the molecule is CC(F)(F)CCO.COC(=O)c1ccc(=O)[nH]c1N.COC(=O)c1ccc(OCCC(F)(F)F)nc1N.COC(=O)c1ccc(OCc2ccccc2)nc1N.Nc1nc(Cl)ccc1C(=O)O.Nc1nc(OCCC(F)(F)F)ccc1C(=O)O.Nc1nc(OCc2ccccc2)ccc1C(=O)O.OCc1ccccc1. The van der Waals surface area contributed by atoms with Gasteiger partial charge in [0, 0.05) is 43.4 Å². The molecule has 0 aliphatic heterocycles. The first kappa shape index (κ1) is 92.9. The molecule has 0 fully saturated rings. The monoisotopic (exact) mass is 1570 g/mol. The molecule has 6 aromatic heterocycles. The van der Waals surface area contributed by atoms with Gasteiger partial charge in [-0.1, -0.05) is 103 Å². The van der Waals surface area contributed by atoms with E-state index in [1.54, 1.807) is 6.07 Å². The summed E-state index contributed by atoms with van der Waals surface area (Å²) in [7, 11) is 3.71. The highest BCUT2D eigenvalue weighted by molar-refractivity contribution is 6.29. The Hall–Kier alpha value is -13.2. The van der Waals surface area contributed by atoms with Crippen molar-refractivity contribution in [3.8, 4) is 23.5 Å². The Morgan fingerprint density at radius 3 is 0.973 bits per heavy atom. The number of nitrogen functional groups attached to an aromatic ring is 6. The number of rotatable bonds is 21. The number of carboxylic acids is 3. The van der Waals surface area contributed by atoms with E-state index in [-0.39, 0.29) is 97.4 Å². The number of esters is 3. The zero-order valence-electron chi connectivity index (χ0n) is 58.5. The lowest BCUT2D eigenvalue weighted by atomic mass is 10.2. The molecular weight excluding hydrogens is 1500 g/mol. The maximum Gasteiger partial charge on any atom is 0.392 e. The molecule has 0 unspecified atom stereocenters. The standard InChI is InChI=1S/C14H14N2O3.C13H12N2O3.C10H11F3N2O3.C9H9F3N2O3.C7H8N2O3.C7H8O.C6H5ClN2O2.C4H8F2O/c1-18-14(17)11-7-8-12(16-13(11)15)19-9-10-5-3-2-4-6-10;14-12-10(13(16)17)6-7-11(15-12)18-8-9-4-2-1-3-5-9;1-17-9(16)6-2-3-7(15-8(6)14)18-5-4-10(11,12)13;10-9(11,12)3-4-17-6-2-1-5(8(15)16)7(13)14-6;1-12-7(11)4-2-3-5(10)9-6(4)8;8-6-7-4-2-1-3-5-7;7-4-2-1-3(6(10)11)5(8)9-4;1-4(5,6)2-3-7/h2-8H,9H2,1H3,(H2,15,16);1-7H,8H2,(H2,14,15)(H,16,17);2-3H,4-5H2,1H3,(H2,14,15);1-2H,3-4H2,(H2,13,14)(H,15,16);2-3H,1H3,(H3,8,9,10);1-5,8H,6H2;1-2H,(H2,8,9)(H,10,11);7H,2-3H2,1H3. The van der Waals surface area contributed by atoms with Gasteiger partial charge in [0.1, 0.15) is 81.1 Å². The molecule has 0 amide bonds. The van der Waals surface area contributed by atoms with Gasteiger partial charge in [-0.3, -0.25) is 4.79 Å². The molecule has 0 aliphatic rings. The molecule has 0 spiro atoms.